The molecule has 1 heterocycles. The molecule has 1 fully saturated rings. The quantitative estimate of drug-likeness (QED) is 0.791. The molecule has 2 aromatic rings. The van der Waals surface area contributed by atoms with Crippen molar-refractivity contribution in [2.24, 2.45) is 0 Å². The number of urea groups is 1. The summed E-state index contributed by atoms with van der Waals surface area (Å²) in [4.78, 5) is 28.6. The molecule has 0 aromatic heterocycles. The third kappa shape index (κ3) is 4.88. The lowest BCUT2D eigenvalue weighted by molar-refractivity contribution is 0.0526. The van der Waals surface area contributed by atoms with Crippen molar-refractivity contribution in [2.75, 3.05) is 43.0 Å². The summed E-state index contributed by atoms with van der Waals surface area (Å²) in [7, 11) is 0. The number of aryl methyl sites for hydroxylation is 3. The zero-order valence-corrected chi connectivity index (χ0v) is 17.6. The number of nitrogens with one attached hydrogen (secondary N) is 1. The highest BCUT2D eigenvalue weighted by Crippen LogP contribution is 2.23. The highest BCUT2D eigenvalue weighted by Gasteiger charge is 2.22. The number of nitrogens with zero attached hydrogens (tertiary/aromatic N) is 2. The molecule has 0 spiro atoms. The number of amides is 2. The summed E-state index contributed by atoms with van der Waals surface area (Å²) in [5, 5.41) is 3.08. The van der Waals surface area contributed by atoms with Crippen LogP contribution in [0.15, 0.2) is 36.4 Å². The molecule has 2 aromatic carbocycles. The molecule has 154 valence electrons. The van der Waals surface area contributed by atoms with E-state index in [0.717, 1.165) is 35.6 Å². The van der Waals surface area contributed by atoms with E-state index in [1.54, 1.807) is 19.1 Å². The van der Waals surface area contributed by atoms with E-state index < -0.39 is 0 Å². The van der Waals surface area contributed by atoms with Gasteiger partial charge in [-0.05, 0) is 63.1 Å². The van der Waals surface area contributed by atoms with Crippen LogP contribution in [-0.4, -0.2) is 49.7 Å². The molecule has 6 heteroatoms. The average Bonchev–Trinajstić information content (AvgIpc) is 2.71. The Balaban J connectivity index is 1.58. The monoisotopic (exact) mass is 395 g/mol. The van der Waals surface area contributed by atoms with Crippen molar-refractivity contribution in [1.82, 2.24) is 4.90 Å². The van der Waals surface area contributed by atoms with Crippen molar-refractivity contribution >= 4 is 23.4 Å². The molecule has 1 saturated heterocycles. The first-order chi connectivity index (χ1) is 13.9. The molecule has 3 rings (SSSR count). The molecule has 0 unspecified atom stereocenters. The topological polar surface area (TPSA) is 61.9 Å². The highest BCUT2D eigenvalue weighted by molar-refractivity contribution is 5.91. The Morgan fingerprint density at radius 1 is 0.966 bits per heavy atom. The van der Waals surface area contributed by atoms with Crippen molar-refractivity contribution in [3.05, 3.63) is 58.7 Å². The number of ether oxygens (including phenoxy) is 1. The van der Waals surface area contributed by atoms with Crippen LogP contribution in [0.25, 0.3) is 0 Å². The van der Waals surface area contributed by atoms with Gasteiger partial charge in [0.05, 0.1) is 12.2 Å². The molecular weight excluding hydrogens is 366 g/mol. The zero-order valence-electron chi connectivity index (χ0n) is 17.6. The molecule has 0 atom stereocenters. The van der Waals surface area contributed by atoms with Gasteiger partial charge in [-0.25, -0.2) is 9.59 Å². The van der Waals surface area contributed by atoms with Crippen LogP contribution < -0.4 is 10.2 Å². The van der Waals surface area contributed by atoms with Crippen molar-refractivity contribution in [1.29, 1.82) is 0 Å². The first-order valence-electron chi connectivity index (χ1n) is 10.0. The largest absolute Gasteiger partial charge is 0.462 e. The van der Waals surface area contributed by atoms with Crippen LogP contribution >= 0.6 is 0 Å². The lowest BCUT2D eigenvalue weighted by Gasteiger charge is -2.36. The third-order valence-corrected chi connectivity index (χ3v) is 5.22. The Morgan fingerprint density at radius 3 is 2.10 bits per heavy atom. The molecule has 29 heavy (non-hydrogen) atoms. The number of esters is 1. The molecule has 0 saturated carbocycles. The van der Waals surface area contributed by atoms with Crippen LogP contribution in [0.4, 0.5) is 16.2 Å². The SMILES string of the molecule is CCOC(=O)c1ccc(N2CCN(C(=O)Nc3c(C)cc(C)cc3C)CC2)cc1. The zero-order chi connectivity index (χ0) is 21.0. The number of carbonyl (C=O) groups excluding carboxylic acids is 2. The fourth-order valence-electron chi connectivity index (χ4n) is 3.75. The van der Waals surface area contributed by atoms with E-state index in [0.29, 0.717) is 25.3 Å². The number of anilines is 2. The summed E-state index contributed by atoms with van der Waals surface area (Å²) in [6, 6.07) is 11.5. The fraction of sp³-hybridized carbons (Fsp3) is 0.391. The van der Waals surface area contributed by atoms with Gasteiger partial charge in [0, 0.05) is 37.6 Å². The Morgan fingerprint density at radius 2 is 1.55 bits per heavy atom. The van der Waals surface area contributed by atoms with Gasteiger partial charge in [0.25, 0.3) is 0 Å². The molecule has 2 amide bonds. The second kappa shape index (κ2) is 8.99. The van der Waals surface area contributed by atoms with E-state index in [1.165, 1.54) is 5.56 Å². The normalized spacial score (nSPS) is 13.9. The number of rotatable bonds is 4. The number of piperazine rings is 1. The van der Waals surface area contributed by atoms with E-state index in [-0.39, 0.29) is 12.0 Å². The molecule has 0 radical (unpaired) electrons. The molecule has 1 aliphatic rings. The molecule has 1 aliphatic heterocycles. The minimum atomic E-state index is -0.303. The van der Waals surface area contributed by atoms with Gasteiger partial charge in [-0.2, -0.15) is 0 Å². The third-order valence-electron chi connectivity index (χ3n) is 5.22. The maximum atomic E-state index is 12.7. The summed E-state index contributed by atoms with van der Waals surface area (Å²) < 4.78 is 5.02. The second-order valence-electron chi connectivity index (χ2n) is 7.45. The van der Waals surface area contributed by atoms with Gasteiger partial charge in [0.15, 0.2) is 0 Å². The van der Waals surface area contributed by atoms with Gasteiger partial charge in [-0.3, -0.25) is 0 Å². The van der Waals surface area contributed by atoms with Gasteiger partial charge in [-0.1, -0.05) is 17.7 Å². The smallest absolute Gasteiger partial charge is 0.338 e. The standard InChI is InChI=1S/C23H29N3O3/c1-5-29-22(27)19-6-8-20(9-7-19)25-10-12-26(13-11-25)23(28)24-21-17(3)14-16(2)15-18(21)4/h6-9,14-15H,5,10-13H2,1-4H3,(H,24,28). The predicted octanol–water partition coefficient (Wildman–Crippen LogP) is 4.14. The Bertz CT molecular complexity index is 862. The van der Waals surface area contributed by atoms with Gasteiger partial charge in [-0.15, -0.1) is 0 Å². The van der Waals surface area contributed by atoms with E-state index in [2.05, 4.69) is 29.3 Å². The first-order valence-corrected chi connectivity index (χ1v) is 10.0. The summed E-state index contributed by atoms with van der Waals surface area (Å²) in [5.41, 5.74) is 5.85. The van der Waals surface area contributed by atoms with Crippen LogP contribution in [0.1, 0.15) is 34.0 Å². The van der Waals surface area contributed by atoms with Crippen LogP contribution in [0, 0.1) is 20.8 Å². The summed E-state index contributed by atoms with van der Waals surface area (Å²) in [6.07, 6.45) is 0. The fourth-order valence-corrected chi connectivity index (χ4v) is 3.75. The molecule has 6 nitrogen and oxygen atoms in total. The number of carbonyl (C=O) groups is 2. The Kier molecular flexibility index (Phi) is 6.42. The number of benzene rings is 2. The number of hydrogen-bond donors (Lipinski definition) is 1. The summed E-state index contributed by atoms with van der Waals surface area (Å²) in [6.45, 7) is 11.1. The van der Waals surface area contributed by atoms with E-state index >= 15 is 0 Å². The van der Waals surface area contributed by atoms with Gasteiger partial charge < -0.3 is 19.9 Å². The molecular formula is C23H29N3O3. The molecule has 0 aliphatic carbocycles. The maximum absolute atomic E-state index is 12.7. The highest BCUT2D eigenvalue weighted by atomic mass is 16.5. The van der Waals surface area contributed by atoms with Crippen LogP contribution in [0.2, 0.25) is 0 Å². The lowest BCUT2D eigenvalue weighted by Crippen LogP contribution is -2.50. The van der Waals surface area contributed by atoms with Gasteiger partial charge in [0.1, 0.15) is 0 Å². The molecule has 1 N–H and O–H groups in total. The lowest BCUT2D eigenvalue weighted by atomic mass is 10.1. The van der Waals surface area contributed by atoms with E-state index in [1.807, 2.05) is 30.9 Å². The van der Waals surface area contributed by atoms with Crippen LogP contribution in [0.5, 0.6) is 0 Å². The van der Waals surface area contributed by atoms with Crippen molar-refractivity contribution in [2.45, 2.75) is 27.7 Å². The predicted molar refractivity (Wildman–Crippen MR) is 116 cm³/mol. The number of hydrogen-bond acceptors (Lipinski definition) is 4. The second-order valence-corrected chi connectivity index (χ2v) is 7.45. The van der Waals surface area contributed by atoms with Gasteiger partial charge in [0.2, 0.25) is 0 Å². The summed E-state index contributed by atoms with van der Waals surface area (Å²) >= 11 is 0. The van der Waals surface area contributed by atoms with Crippen molar-refractivity contribution < 1.29 is 14.3 Å². The molecule has 0 bridgehead atoms. The van der Waals surface area contributed by atoms with Crippen LogP contribution in [0.3, 0.4) is 0 Å². The maximum Gasteiger partial charge on any atom is 0.338 e. The average molecular weight is 396 g/mol. The van der Waals surface area contributed by atoms with Crippen molar-refractivity contribution in [3.8, 4) is 0 Å². The van der Waals surface area contributed by atoms with E-state index in [9.17, 15) is 9.59 Å². The Hall–Kier alpha value is -3.02. The minimum absolute atomic E-state index is 0.0580. The van der Waals surface area contributed by atoms with Gasteiger partial charge >= 0.3 is 12.0 Å². The Labute approximate surface area is 172 Å². The minimum Gasteiger partial charge on any atom is -0.462 e. The van der Waals surface area contributed by atoms with E-state index in [4.69, 9.17) is 4.74 Å². The van der Waals surface area contributed by atoms with Crippen molar-refractivity contribution in [3.63, 3.8) is 0 Å². The van der Waals surface area contributed by atoms with Crippen LogP contribution in [-0.2, 0) is 4.74 Å². The first kappa shape index (κ1) is 20.7. The summed E-state index contributed by atoms with van der Waals surface area (Å²) in [5.74, 6) is -0.303.